The maximum atomic E-state index is 14.5. The zero-order chi connectivity index (χ0) is 45.6. The van der Waals surface area contributed by atoms with Crippen LogP contribution in [-0.4, -0.2) is 70.3 Å². The van der Waals surface area contributed by atoms with Gasteiger partial charge in [0.2, 0.25) is 18.0 Å². The molecular weight excluding hydrogens is 857 g/mol. The number of aromatic nitrogens is 1. The van der Waals surface area contributed by atoms with Gasteiger partial charge in [-0.2, -0.15) is 0 Å². The Hall–Kier alpha value is -5.94. The van der Waals surface area contributed by atoms with Crippen molar-refractivity contribution in [2.24, 2.45) is 5.16 Å². The van der Waals surface area contributed by atoms with E-state index < -0.39 is 91.4 Å². The van der Waals surface area contributed by atoms with E-state index in [1.807, 2.05) is 50.2 Å². The summed E-state index contributed by atoms with van der Waals surface area (Å²) >= 11 is 0. The summed E-state index contributed by atoms with van der Waals surface area (Å²) in [5.74, 6) is -3.79. The fourth-order valence-electron chi connectivity index (χ4n) is 8.01. The topological polar surface area (TPSA) is 183 Å². The number of phosphoric acid groups is 1. The number of phosphoric ester groups is 1. The van der Waals surface area contributed by atoms with Crippen molar-refractivity contribution in [2.45, 2.75) is 103 Å². The van der Waals surface area contributed by atoms with Gasteiger partial charge in [-0.3, -0.25) is 28.0 Å². The lowest BCUT2D eigenvalue weighted by Gasteiger charge is -2.42. The molecule has 1 N–H and O–H groups in total. The number of hydrogen-bond donors (Lipinski definition) is 1. The third-order valence-electron chi connectivity index (χ3n) is 11.2. The Labute approximate surface area is 368 Å². The number of pyridine rings is 1. The summed E-state index contributed by atoms with van der Waals surface area (Å²) in [6.45, 7) is 5.58. The van der Waals surface area contributed by atoms with Crippen molar-refractivity contribution in [1.29, 1.82) is 0 Å². The quantitative estimate of drug-likeness (QED) is 0.0614. The van der Waals surface area contributed by atoms with E-state index in [-0.39, 0.29) is 43.5 Å². The van der Waals surface area contributed by atoms with Crippen LogP contribution in [0.3, 0.4) is 0 Å². The molecule has 0 saturated carbocycles. The van der Waals surface area contributed by atoms with Gasteiger partial charge in [-0.05, 0) is 57.7 Å². The number of halogens is 2. The highest BCUT2D eigenvalue weighted by atomic mass is 31.2. The van der Waals surface area contributed by atoms with E-state index in [1.54, 1.807) is 43.0 Å². The monoisotopic (exact) mass is 906 g/mol. The first-order chi connectivity index (χ1) is 30.6. The van der Waals surface area contributed by atoms with Crippen LogP contribution in [0.1, 0.15) is 97.0 Å². The van der Waals surface area contributed by atoms with E-state index >= 15 is 0 Å². The van der Waals surface area contributed by atoms with Crippen LogP contribution in [0.15, 0.2) is 95.0 Å². The van der Waals surface area contributed by atoms with Crippen molar-refractivity contribution in [3.63, 3.8) is 0 Å². The van der Waals surface area contributed by atoms with E-state index in [4.69, 9.17) is 32.6 Å². The van der Waals surface area contributed by atoms with E-state index in [0.717, 1.165) is 29.0 Å². The molecule has 4 aromatic rings. The average Bonchev–Trinajstić information content (AvgIpc) is 3.60. The van der Waals surface area contributed by atoms with Crippen LogP contribution in [0, 0.1) is 11.6 Å². The van der Waals surface area contributed by atoms with Crippen molar-refractivity contribution in [1.82, 2.24) is 14.8 Å². The molecule has 4 heterocycles. The predicted molar refractivity (Wildman–Crippen MR) is 226 cm³/mol. The number of rotatable bonds is 17. The predicted octanol–water partition coefficient (Wildman–Crippen LogP) is 7.99. The third kappa shape index (κ3) is 10.7. The van der Waals surface area contributed by atoms with Crippen molar-refractivity contribution < 1.29 is 60.3 Å². The average molecular weight is 907 g/mol. The summed E-state index contributed by atoms with van der Waals surface area (Å²) in [6, 6.07) is 20.1. The molecule has 1 aromatic heterocycles. The lowest BCUT2D eigenvalue weighted by molar-refractivity contribution is -0.0658. The van der Waals surface area contributed by atoms with Gasteiger partial charge in [0, 0.05) is 49.8 Å². The largest absolute Gasteiger partial charge is 0.511 e. The van der Waals surface area contributed by atoms with Crippen LogP contribution in [0.25, 0.3) is 0 Å². The summed E-state index contributed by atoms with van der Waals surface area (Å²) in [5.41, 5.74) is -0.446. The van der Waals surface area contributed by atoms with Crippen LogP contribution in [0.4, 0.5) is 13.6 Å². The number of amides is 2. The fourth-order valence-corrected chi connectivity index (χ4v) is 9.35. The number of fused-ring (bicyclic) bond motifs is 5. The van der Waals surface area contributed by atoms with Crippen molar-refractivity contribution in [2.75, 3.05) is 13.3 Å². The van der Waals surface area contributed by atoms with Gasteiger partial charge in [-0.25, -0.2) is 18.1 Å². The van der Waals surface area contributed by atoms with Crippen LogP contribution >= 0.6 is 7.82 Å². The summed E-state index contributed by atoms with van der Waals surface area (Å²) in [7, 11) is -4.16. The molecular formula is C45H49F2N4O12P. The molecule has 2 bridgehead atoms. The second kappa shape index (κ2) is 19.8. The minimum absolute atomic E-state index is 0.0219. The summed E-state index contributed by atoms with van der Waals surface area (Å²) in [4.78, 5) is 62.8. The molecule has 0 aliphatic carbocycles. The molecule has 1 fully saturated rings. The number of nitrogens with one attached hydrogen (secondary N) is 1. The highest BCUT2D eigenvalue weighted by molar-refractivity contribution is 7.48. The van der Waals surface area contributed by atoms with E-state index in [0.29, 0.717) is 25.3 Å². The Bertz CT molecular complexity index is 2450. The summed E-state index contributed by atoms with van der Waals surface area (Å²) in [6.07, 6.45) is -0.181. The number of nitrogens with zero attached hydrogens (tertiary/aromatic N) is 3. The fraction of sp³-hybridized carbons (Fsp3) is 0.400. The standard InChI is InChI=1S/C45H49F2N4O12P/c1-28-21-45(63-49-28)18-17-29(2)50-24-38(45)51-23-36(42(53)48-22-34-15-16-35(46)20-37(34)47)40(52)41(39(51)43(50)54)57-27-58-44(55)61-30(3)19-31(4)62-64(56,59-25-32-11-7-5-8-12-32)60-26-33-13-9-6-10-14-33/h5-16,20,23,29-31,38H,17-19,21-22,24-27H2,1-4H3,(H,48,53)/t29-,30-,31-,38+,45-/m0/s1. The van der Waals surface area contributed by atoms with Crippen molar-refractivity contribution in [3.8, 4) is 5.75 Å². The lowest BCUT2D eigenvalue weighted by atomic mass is 9.84. The summed E-state index contributed by atoms with van der Waals surface area (Å²) < 4.78 is 77.0. The first-order valence-corrected chi connectivity index (χ1v) is 22.2. The molecule has 19 heteroatoms. The molecule has 1 saturated heterocycles. The minimum Gasteiger partial charge on any atom is -0.451 e. The lowest BCUT2D eigenvalue weighted by Crippen LogP contribution is -2.52. The first kappa shape index (κ1) is 46.1. The molecule has 7 rings (SSSR count). The van der Waals surface area contributed by atoms with Crippen molar-refractivity contribution in [3.05, 3.63) is 135 Å². The first-order valence-electron chi connectivity index (χ1n) is 20.8. The Kier molecular flexibility index (Phi) is 14.3. The Morgan fingerprint density at radius 3 is 2.28 bits per heavy atom. The second-order valence-electron chi connectivity index (χ2n) is 16.1. The molecule has 0 radical (unpaired) electrons. The number of benzene rings is 3. The number of ether oxygens (including phenoxy) is 3. The second-order valence-corrected chi connectivity index (χ2v) is 17.7. The molecule has 64 heavy (non-hydrogen) atoms. The molecule has 0 unspecified atom stereocenters. The number of hydrogen-bond acceptors (Lipinski definition) is 13. The number of carbonyl (C=O) groups is 3. The van der Waals surface area contributed by atoms with E-state index in [9.17, 15) is 32.5 Å². The number of carbonyl (C=O) groups excluding carboxylic acids is 3. The smallest absolute Gasteiger partial charge is 0.451 e. The molecule has 1 spiro atoms. The van der Waals surface area contributed by atoms with Crippen LogP contribution in [0.2, 0.25) is 0 Å². The minimum atomic E-state index is -4.16. The van der Waals surface area contributed by atoms with Gasteiger partial charge in [-0.1, -0.05) is 71.9 Å². The van der Waals surface area contributed by atoms with E-state index in [2.05, 4.69) is 10.5 Å². The van der Waals surface area contributed by atoms with Gasteiger partial charge in [0.25, 0.3) is 11.8 Å². The third-order valence-corrected chi connectivity index (χ3v) is 12.7. The zero-order valence-electron chi connectivity index (χ0n) is 35.7. The highest BCUT2D eigenvalue weighted by Gasteiger charge is 2.54. The maximum absolute atomic E-state index is 14.5. The summed E-state index contributed by atoms with van der Waals surface area (Å²) in [5, 5.41) is 6.71. The zero-order valence-corrected chi connectivity index (χ0v) is 36.6. The SMILES string of the molecule is CC1=NO[C@@]2(CC[C@H](C)N3C[C@H]2n2cc(C(=O)NCc4ccc(F)cc4F)c(=O)c(OCOC(=O)O[C@@H](C)C[C@H](C)OP(=O)(OCc4ccccc4)OCc4ccccc4)c2C3=O)C1. The van der Waals surface area contributed by atoms with Crippen molar-refractivity contribution >= 4 is 31.5 Å². The van der Waals surface area contributed by atoms with Gasteiger partial charge in [0.1, 0.15) is 23.3 Å². The molecule has 3 aliphatic rings. The van der Waals surface area contributed by atoms with Gasteiger partial charge in [-0.15, -0.1) is 0 Å². The van der Waals surface area contributed by atoms with Gasteiger partial charge in [0.05, 0.1) is 31.1 Å². The molecule has 2 amide bonds. The van der Waals surface area contributed by atoms with Gasteiger partial charge < -0.3 is 33.8 Å². The maximum Gasteiger partial charge on any atom is 0.511 e. The normalized spacial score (nSPS) is 20.1. The van der Waals surface area contributed by atoms with Crippen LogP contribution in [-0.2, 0) is 52.2 Å². The molecule has 16 nitrogen and oxygen atoms in total. The van der Waals surface area contributed by atoms with Crippen LogP contribution in [0.5, 0.6) is 5.75 Å². The van der Waals surface area contributed by atoms with Crippen LogP contribution < -0.4 is 15.5 Å². The molecule has 3 aromatic carbocycles. The number of oxime groups is 1. The van der Waals surface area contributed by atoms with Gasteiger partial charge in [0.15, 0.2) is 11.3 Å². The van der Waals surface area contributed by atoms with E-state index in [1.165, 1.54) is 10.8 Å². The van der Waals surface area contributed by atoms with Gasteiger partial charge >= 0.3 is 14.0 Å². The molecule has 5 atom stereocenters. The molecule has 3 aliphatic heterocycles. The Balaban J connectivity index is 1.05. The Morgan fingerprint density at radius 2 is 1.66 bits per heavy atom. The Morgan fingerprint density at radius 1 is 0.984 bits per heavy atom. The highest BCUT2D eigenvalue weighted by Crippen LogP contribution is 2.52. The molecule has 340 valence electrons.